The highest BCUT2D eigenvalue weighted by Crippen LogP contribution is 2.53. The standard InChI is InChI=1S/C26H28ClN3O4S/c1-2-30(28)35(31,32)20-9-10-24(27)18(15-20)17-33-26(12-13-26)23-16-29-14-11-21(23)22-5-3-4-6-25(22)34-19-7-8-19/h3-6,9-11,14-16,19H,2,7-8,12-13,17,28H2,1H3. The van der Waals surface area contributed by atoms with Crippen molar-refractivity contribution < 1.29 is 17.9 Å². The van der Waals surface area contributed by atoms with Crippen molar-refractivity contribution in [3.05, 3.63) is 77.1 Å². The Morgan fingerprint density at radius 2 is 1.91 bits per heavy atom. The number of benzene rings is 2. The van der Waals surface area contributed by atoms with Gasteiger partial charge in [0.2, 0.25) is 0 Å². The first kappa shape index (κ1) is 24.2. The van der Waals surface area contributed by atoms with Crippen LogP contribution in [0, 0.1) is 0 Å². The van der Waals surface area contributed by atoms with Gasteiger partial charge in [-0.15, -0.1) is 4.41 Å². The third-order valence-electron chi connectivity index (χ3n) is 6.45. The minimum absolute atomic E-state index is 0.0860. The molecule has 2 saturated carbocycles. The van der Waals surface area contributed by atoms with Gasteiger partial charge in [0.1, 0.15) is 5.75 Å². The molecule has 3 aromatic rings. The lowest BCUT2D eigenvalue weighted by atomic mass is 9.96. The number of rotatable bonds is 10. The Bertz CT molecular complexity index is 1340. The molecule has 2 aliphatic carbocycles. The van der Waals surface area contributed by atoms with Gasteiger partial charge in [-0.3, -0.25) is 10.8 Å². The molecule has 9 heteroatoms. The highest BCUT2D eigenvalue weighted by atomic mass is 35.5. The summed E-state index contributed by atoms with van der Waals surface area (Å²) in [5.41, 5.74) is 3.10. The van der Waals surface area contributed by atoms with Crippen molar-refractivity contribution >= 4 is 21.6 Å². The summed E-state index contributed by atoms with van der Waals surface area (Å²) >= 11 is 6.41. The molecule has 2 N–H and O–H groups in total. The summed E-state index contributed by atoms with van der Waals surface area (Å²) in [6, 6.07) is 14.6. The van der Waals surface area contributed by atoms with E-state index >= 15 is 0 Å². The van der Waals surface area contributed by atoms with Crippen LogP contribution in [0.5, 0.6) is 5.75 Å². The molecular formula is C26H28ClN3O4S. The van der Waals surface area contributed by atoms with Gasteiger partial charge in [-0.2, -0.15) is 0 Å². The Labute approximate surface area is 210 Å². The van der Waals surface area contributed by atoms with Crippen molar-refractivity contribution in [3.8, 4) is 16.9 Å². The average Bonchev–Trinajstić information content (AvgIpc) is 3.80. The first-order valence-corrected chi connectivity index (χ1v) is 13.6. The monoisotopic (exact) mass is 513 g/mol. The van der Waals surface area contributed by atoms with Gasteiger partial charge in [-0.1, -0.05) is 29.8 Å². The van der Waals surface area contributed by atoms with E-state index in [9.17, 15) is 8.42 Å². The first-order chi connectivity index (χ1) is 16.8. The van der Waals surface area contributed by atoms with Crippen LogP contribution in [0.3, 0.4) is 0 Å². The molecule has 0 spiro atoms. The van der Waals surface area contributed by atoms with Gasteiger partial charge < -0.3 is 9.47 Å². The summed E-state index contributed by atoms with van der Waals surface area (Å²) in [6.07, 6.45) is 7.75. The number of hydrazine groups is 1. The van der Waals surface area contributed by atoms with Gasteiger partial charge in [0.05, 0.1) is 23.2 Å². The summed E-state index contributed by atoms with van der Waals surface area (Å²) in [4.78, 5) is 4.47. The maximum Gasteiger partial charge on any atom is 0.255 e. The Balaban J connectivity index is 1.42. The molecule has 0 bridgehead atoms. The fourth-order valence-corrected chi connectivity index (χ4v) is 5.41. The van der Waals surface area contributed by atoms with Gasteiger partial charge in [0.15, 0.2) is 0 Å². The Hall–Kier alpha value is -2.49. The van der Waals surface area contributed by atoms with E-state index in [-0.39, 0.29) is 24.2 Å². The van der Waals surface area contributed by atoms with E-state index in [1.54, 1.807) is 19.2 Å². The second-order valence-electron chi connectivity index (χ2n) is 8.98. The topological polar surface area (TPSA) is 94.8 Å². The number of aromatic nitrogens is 1. The predicted molar refractivity (Wildman–Crippen MR) is 134 cm³/mol. The van der Waals surface area contributed by atoms with Crippen molar-refractivity contribution in [2.24, 2.45) is 5.84 Å². The number of hydrogen-bond donors (Lipinski definition) is 1. The SMILES string of the molecule is CCN(N)S(=O)(=O)c1ccc(Cl)c(COC2(c3cnccc3-c3ccccc3OC3CC3)CC2)c1. The van der Waals surface area contributed by atoms with Gasteiger partial charge in [-0.25, -0.2) is 8.42 Å². The molecule has 5 rings (SSSR count). The quantitative estimate of drug-likeness (QED) is 0.301. The molecule has 0 saturated heterocycles. The van der Waals surface area contributed by atoms with E-state index < -0.39 is 15.6 Å². The second-order valence-corrected chi connectivity index (χ2v) is 11.3. The Morgan fingerprint density at radius 1 is 1.14 bits per heavy atom. The number of ether oxygens (including phenoxy) is 2. The van der Waals surface area contributed by atoms with Crippen molar-refractivity contribution in [2.45, 2.75) is 55.8 Å². The molecule has 2 aromatic carbocycles. The van der Waals surface area contributed by atoms with E-state index in [1.165, 1.54) is 12.1 Å². The van der Waals surface area contributed by atoms with Crippen LogP contribution in [-0.2, 0) is 27.0 Å². The normalized spacial score (nSPS) is 16.9. The minimum atomic E-state index is -3.80. The average molecular weight is 514 g/mol. The lowest BCUT2D eigenvalue weighted by molar-refractivity contribution is 0.0173. The molecule has 35 heavy (non-hydrogen) atoms. The van der Waals surface area contributed by atoms with Crippen LogP contribution in [0.15, 0.2) is 65.8 Å². The van der Waals surface area contributed by atoms with Crippen molar-refractivity contribution in [1.29, 1.82) is 0 Å². The van der Waals surface area contributed by atoms with E-state index in [4.69, 9.17) is 26.9 Å². The Kier molecular flexibility index (Phi) is 6.59. The Morgan fingerprint density at radius 3 is 2.63 bits per heavy atom. The van der Waals surface area contributed by atoms with Crippen LogP contribution in [-0.4, -0.2) is 30.5 Å². The zero-order valence-electron chi connectivity index (χ0n) is 19.5. The molecule has 0 radical (unpaired) electrons. The number of para-hydroxylation sites is 1. The zero-order chi connectivity index (χ0) is 24.6. The zero-order valence-corrected chi connectivity index (χ0v) is 21.1. The fraction of sp³-hybridized carbons (Fsp3) is 0.346. The summed E-state index contributed by atoms with van der Waals surface area (Å²) in [6.45, 7) is 2.00. The molecule has 2 fully saturated rings. The molecule has 0 aliphatic heterocycles. The van der Waals surface area contributed by atoms with Gasteiger partial charge in [0, 0.05) is 35.1 Å². The molecule has 1 heterocycles. The van der Waals surface area contributed by atoms with E-state index in [1.807, 2.05) is 30.5 Å². The lowest BCUT2D eigenvalue weighted by Gasteiger charge is -2.22. The maximum absolute atomic E-state index is 12.7. The van der Waals surface area contributed by atoms with Crippen LogP contribution >= 0.6 is 11.6 Å². The second kappa shape index (κ2) is 9.52. The van der Waals surface area contributed by atoms with Crippen molar-refractivity contribution in [2.75, 3.05) is 6.54 Å². The number of nitrogens with zero attached hydrogens (tertiary/aromatic N) is 2. The van der Waals surface area contributed by atoms with Gasteiger partial charge in [0.25, 0.3) is 10.0 Å². The molecule has 0 unspecified atom stereocenters. The summed E-state index contributed by atoms with van der Waals surface area (Å²) in [5, 5.41) is 0.439. The number of hydrogen-bond acceptors (Lipinski definition) is 6. The molecule has 7 nitrogen and oxygen atoms in total. The molecule has 2 aliphatic rings. The van der Waals surface area contributed by atoms with Crippen LogP contribution in [0.4, 0.5) is 0 Å². The third-order valence-corrected chi connectivity index (χ3v) is 8.54. The summed E-state index contributed by atoms with van der Waals surface area (Å²) in [7, 11) is -3.80. The summed E-state index contributed by atoms with van der Waals surface area (Å²) < 4.78 is 38.8. The largest absolute Gasteiger partial charge is 0.490 e. The van der Waals surface area contributed by atoms with Crippen molar-refractivity contribution in [3.63, 3.8) is 0 Å². The minimum Gasteiger partial charge on any atom is -0.490 e. The number of halogens is 1. The van der Waals surface area contributed by atoms with E-state index in [2.05, 4.69) is 11.1 Å². The van der Waals surface area contributed by atoms with E-state index in [0.717, 1.165) is 52.5 Å². The van der Waals surface area contributed by atoms with Gasteiger partial charge >= 0.3 is 0 Å². The molecule has 1 aromatic heterocycles. The fourth-order valence-electron chi connectivity index (χ4n) is 4.10. The van der Waals surface area contributed by atoms with E-state index in [0.29, 0.717) is 10.6 Å². The maximum atomic E-state index is 12.7. The van der Waals surface area contributed by atoms with Crippen molar-refractivity contribution in [1.82, 2.24) is 9.40 Å². The number of pyridine rings is 1. The third kappa shape index (κ3) is 4.94. The molecular weight excluding hydrogens is 486 g/mol. The van der Waals surface area contributed by atoms with Crippen LogP contribution in [0.2, 0.25) is 5.02 Å². The predicted octanol–water partition coefficient (Wildman–Crippen LogP) is 5.03. The smallest absolute Gasteiger partial charge is 0.255 e. The number of sulfonamides is 1. The molecule has 0 atom stereocenters. The van der Waals surface area contributed by atoms with Gasteiger partial charge in [-0.05, 0) is 74.1 Å². The first-order valence-electron chi connectivity index (χ1n) is 11.7. The highest BCUT2D eigenvalue weighted by molar-refractivity contribution is 7.89. The molecule has 184 valence electrons. The van der Waals surface area contributed by atoms with Crippen LogP contribution in [0.25, 0.3) is 11.1 Å². The highest BCUT2D eigenvalue weighted by Gasteiger charge is 2.48. The number of nitrogens with two attached hydrogens (primary N) is 1. The van der Waals surface area contributed by atoms with Crippen LogP contribution < -0.4 is 10.6 Å². The lowest BCUT2D eigenvalue weighted by Crippen LogP contribution is -2.37. The molecule has 0 amide bonds. The van der Waals surface area contributed by atoms with Crippen LogP contribution in [0.1, 0.15) is 43.7 Å². The summed E-state index contributed by atoms with van der Waals surface area (Å²) in [5.74, 6) is 6.54.